The number of nitrogens with zero attached hydrogens (tertiary/aromatic N) is 2. The Morgan fingerprint density at radius 2 is 1.57 bits per heavy atom. The molecule has 0 saturated heterocycles. The third-order valence-electron chi connectivity index (χ3n) is 7.86. The summed E-state index contributed by atoms with van der Waals surface area (Å²) in [6.07, 6.45) is 9.59. The summed E-state index contributed by atoms with van der Waals surface area (Å²) >= 11 is 0. The van der Waals surface area contributed by atoms with E-state index in [2.05, 4.69) is 115 Å². The van der Waals surface area contributed by atoms with Crippen LogP contribution in [-0.4, -0.2) is 5.84 Å². The molecule has 0 saturated carbocycles. The lowest BCUT2D eigenvalue weighted by Crippen LogP contribution is -2.25. The van der Waals surface area contributed by atoms with Gasteiger partial charge in [-0.3, -0.25) is 4.90 Å². The molecule has 2 aliphatic carbocycles. The van der Waals surface area contributed by atoms with E-state index in [4.69, 9.17) is 4.99 Å². The lowest BCUT2D eigenvalue weighted by molar-refractivity contribution is 0.844. The van der Waals surface area contributed by atoms with E-state index in [9.17, 15) is 0 Å². The Labute approximate surface area is 217 Å². The zero-order valence-corrected chi connectivity index (χ0v) is 21.1. The number of hydrogen-bond acceptors (Lipinski definition) is 1. The molecule has 1 atom stereocenters. The Bertz CT molecular complexity index is 1790. The third kappa shape index (κ3) is 3.29. The van der Waals surface area contributed by atoms with Crippen molar-refractivity contribution in [2.24, 2.45) is 4.99 Å². The maximum absolute atomic E-state index is 4.87. The van der Waals surface area contributed by atoms with Gasteiger partial charge in [0, 0.05) is 23.1 Å². The standard InChI is InChI=1S/C35H28N2/c1-3-21-36-23(2)37(34-22-24-11-4-5-12-25(24)26-13-8-9-16-29(26)34)33-20-19-31-28-15-7-6-14-27(28)30-17-10-18-32(33)35(30)31/h3-16,18-22,30H,17H2,1-2H3/b21-3-,36-23+. The van der Waals surface area contributed by atoms with Crippen molar-refractivity contribution in [3.8, 4) is 11.1 Å². The van der Waals surface area contributed by atoms with Crippen molar-refractivity contribution in [1.29, 1.82) is 0 Å². The van der Waals surface area contributed by atoms with E-state index in [-0.39, 0.29) is 0 Å². The van der Waals surface area contributed by atoms with E-state index in [0.29, 0.717) is 5.92 Å². The van der Waals surface area contributed by atoms with Crippen molar-refractivity contribution in [3.63, 3.8) is 0 Å². The first kappa shape index (κ1) is 21.8. The molecule has 2 aliphatic rings. The Balaban J connectivity index is 1.54. The Hall–Kier alpha value is -4.43. The average molecular weight is 477 g/mol. The highest BCUT2D eigenvalue weighted by Gasteiger charge is 2.34. The molecule has 0 amide bonds. The van der Waals surface area contributed by atoms with E-state index in [0.717, 1.165) is 17.9 Å². The van der Waals surface area contributed by atoms with Crippen LogP contribution in [0.2, 0.25) is 0 Å². The number of anilines is 2. The minimum Gasteiger partial charge on any atom is -0.297 e. The fraction of sp³-hybridized carbons (Fsp3) is 0.114. The molecule has 0 N–H and O–H groups in total. The van der Waals surface area contributed by atoms with Gasteiger partial charge in [-0.25, -0.2) is 4.99 Å². The summed E-state index contributed by atoms with van der Waals surface area (Å²) in [4.78, 5) is 7.23. The van der Waals surface area contributed by atoms with Gasteiger partial charge < -0.3 is 0 Å². The normalized spacial score (nSPS) is 15.9. The van der Waals surface area contributed by atoms with Crippen LogP contribution < -0.4 is 4.90 Å². The minimum absolute atomic E-state index is 0.411. The summed E-state index contributed by atoms with van der Waals surface area (Å²) in [7, 11) is 0. The van der Waals surface area contributed by atoms with E-state index in [1.165, 1.54) is 55.0 Å². The van der Waals surface area contributed by atoms with Gasteiger partial charge in [0.05, 0.1) is 11.4 Å². The second-order valence-electron chi connectivity index (χ2n) is 9.89. The summed E-state index contributed by atoms with van der Waals surface area (Å²) in [6.45, 7) is 4.12. The average Bonchev–Trinajstić information content (AvgIpc) is 3.28. The van der Waals surface area contributed by atoms with E-state index >= 15 is 0 Å². The Morgan fingerprint density at radius 3 is 2.43 bits per heavy atom. The SMILES string of the molecule is C/C=C\N=C(/C)N(c1ccc2c3c1C=CCC3c1ccccc1-2)c1cc2ccccc2c2ccccc12. The van der Waals surface area contributed by atoms with Gasteiger partial charge in [-0.1, -0.05) is 97.1 Å². The lowest BCUT2D eigenvalue weighted by atomic mass is 9.85. The number of hydrogen-bond donors (Lipinski definition) is 0. The number of amidine groups is 1. The molecule has 7 rings (SSSR count). The fourth-order valence-corrected chi connectivity index (χ4v) is 6.31. The zero-order chi connectivity index (χ0) is 24.9. The monoisotopic (exact) mass is 476 g/mol. The van der Waals surface area contributed by atoms with Gasteiger partial charge in [-0.15, -0.1) is 0 Å². The molecule has 0 heterocycles. The topological polar surface area (TPSA) is 15.6 Å². The predicted molar refractivity (Wildman–Crippen MR) is 159 cm³/mol. The third-order valence-corrected chi connectivity index (χ3v) is 7.86. The maximum atomic E-state index is 4.87. The molecule has 0 aromatic heterocycles. The zero-order valence-electron chi connectivity index (χ0n) is 21.1. The second-order valence-corrected chi connectivity index (χ2v) is 9.89. The first-order valence-electron chi connectivity index (χ1n) is 13.0. The van der Waals surface area contributed by atoms with E-state index in [1.54, 1.807) is 0 Å². The number of fused-ring (bicyclic) bond motifs is 6. The fourth-order valence-electron chi connectivity index (χ4n) is 6.31. The van der Waals surface area contributed by atoms with Gasteiger partial charge in [0.15, 0.2) is 0 Å². The molecule has 0 aliphatic heterocycles. The maximum Gasteiger partial charge on any atom is 0.110 e. The summed E-state index contributed by atoms with van der Waals surface area (Å²) in [5, 5.41) is 4.99. The van der Waals surface area contributed by atoms with Crippen LogP contribution in [0.4, 0.5) is 11.4 Å². The molecule has 2 heteroatoms. The van der Waals surface area contributed by atoms with Gasteiger partial charge in [0.1, 0.15) is 5.84 Å². The van der Waals surface area contributed by atoms with Gasteiger partial charge in [-0.05, 0) is 70.8 Å². The highest BCUT2D eigenvalue weighted by molar-refractivity contribution is 6.18. The van der Waals surface area contributed by atoms with Gasteiger partial charge >= 0.3 is 0 Å². The first-order chi connectivity index (χ1) is 18.3. The highest BCUT2D eigenvalue weighted by atomic mass is 15.2. The van der Waals surface area contributed by atoms with Gasteiger partial charge in [0.25, 0.3) is 0 Å². The molecule has 0 fully saturated rings. The quantitative estimate of drug-likeness (QED) is 0.144. The van der Waals surface area contributed by atoms with Crippen LogP contribution in [0, 0.1) is 0 Å². The van der Waals surface area contributed by atoms with Crippen molar-refractivity contribution in [2.45, 2.75) is 26.2 Å². The molecule has 5 aromatic rings. The van der Waals surface area contributed by atoms with Gasteiger partial charge in [-0.2, -0.15) is 0 Å². The van der Waals surface area contributed by atoms with Crippen molar-refractivity contribution in [3.05, 3.63) is 126 Å². The molecule has 178 valence electrons. The highest BCUT2D eigenvalue weighted by Crippen LogP contribution is 2.53. The number of aliphatic imine (C=N–C) groups is 1. The number of rotatable bonds is 3. The van der Waals surface area contributed by atoms with Crippen LogP contribution in [-0.2, 0) is 0 Å². The summed E-state index contributed by atoms with van der Waals surface area (Å²) in [5.74, 6) is 1.36. The molecule has 0 bridgehead atoms. The van der Waals surface area contributed by atoms with E-state index in [1.807, 2.05) is 19.2 Å². The van der Waals surface area contributed by atoms with Crippen molar-refractivity contribution >= 4 is 44.8 Å². The molecular formula is C35H28N2. The Morgan fingerprint density at radius 1 is 0.811 bits per heavy atom. The van der Waals surface area contributed by atoms with Crippen LogP contribution in [0.5, 0.6) is 0 Å². The van der Waals surface area contributed by atoms with Crippen LogP contribution in [0.3, 0.4) is 0 Å². The molecule has 5 aromatic carbocycles. The van der Waals surface area contributed by atoms with Crippen LogP contribution in [0.15, 0.2) is 114 Å². The first-order valence-corrected chi connectivity index (χ1v) is 13.0. The molecule has 1 unspecified atom stereocenters. The summed E-state index contributed by atoms with van der Waals surface area (Å²) < 4.78 is 0. The van der Waals surface area contributed by atoms with E-state index < -0.39 is 0 Å². The van der Waals surface area contributed by atoms with Crippen molar-refractivity contribution < 1.29 is 0 Å². The minimum atomic E-state index is 0.411. The molecule has 2 nitrogen and oxygen atoms in total. The van der Waals surface area contributed by atoms with Crippen molar-refractivity contribution in [1.82, 2.24) is 0 Å². The number of allylic oxidation sites excluding steroid dienone is 2. The molecule has 0 radical (unpaired) electrons. The van der Waals surface area contributed by atoms with Crippen LogP contribution in [0.25, 0.3) is 38.7 Å². The molecule has 0 spiro atoms. The predicted octanol–water partition coefficient (Wildman–Crippen LogP) is 9.61. The van der Waals surface area contributed by atoms with Crippen LogP contribution >= 0.6 is 0 Å². The lowest BCUT2D eigenvalue weighted by Gasteiger charge is -2.31. The largest absolute Gasteiger partial charge is 0.297 e. The molecular weight excluding hydrogens is 448 g/mol. The summed E-state index contributed by atoms with van der Waals surface area (Å²) in [6, 6.07) is 33.3. The molecule has 37 heavy (non-hydrogen) atoms. The summed E-state index contributed by atoms with van der Waals surface area (Å²) in [5.41, 5.74) is 9.28. The smallest absolute Gasteiger partial charge is 0.110 e. The van der Waals surface area contributed by atoms with Crippen molar-refractivity contribution in [2.75, 3.05) is 4.90 Å². The number of benzene rings is 5. The Kier molecular flexibility index (Phi) is 5.07. The second kappa shape index (κ2) is 8.60. The van der Waals surface area contributed by atoms with Gasteiger partial charge in [0.2, 0.25) is 0 Å². The van der Waals surface area contributed by atoms with Crippen LogP contribution in [0.1, 0.15) is 42.9 Å².